The van der Waals surface area contributed by atoms with Gasteiger partial charge in [0.25, 0.3) is 0 Å². The number of rotatable bonds is 21. The molecule has 26 nitrogen and oxygen atoms in total. The average molecular weight is 1550 g/mol. The Morgan fingerprint density at radius 3 is 1.48 bits per heavy atom. The van der Waals surface area contributed by atoms with Crippen LogP contribution in [-0.2, 0) is 57.5 Å². The van der Waals surface area contributed by atoms with Crippen LogP contribution in [0.3, 0.4) is 0 Å². The van der Waals surface area contributed by atoms with Gasteiger partial charge < -0.3 is 20.4 Å². The number of thiocarbonyl (C=S) groups is 2. The number of thioether (sulfide) groups is 3. The van der Waals surface area contributed by atoms with Crippen LogP contribution in [0.5, 0.6) is 0 Å². The molecule has 32 heteroatoms. The minimum absolute atomic E-state index is 0.0564. The van der Waals surface area contributed by atoms with Crippen LogP contribution in [0, 0.1) is 88.4 Å². The molecule has 8 aliphatic rings. The molecule has 5 atom stereocenters. The summed E-state index contributed by atoms with van der Waals surface area (Å²) in [5.74, 6) is -2.12. The summed E-state index contributed by atoms with van der Waals surface area (Å²) < 4.78 is 1.05. The summed E-state index contributed by atoms with van der Waals surface area (Å²) >= 11 is 17.9. The third-order valence-electron chi connectivity index (χ3n) is 18.5. The summed E-state index contributed by atoms with van der Waals surface area (Å²) in [6.45, 7) is 11.6. The van der Waals surface area contributed by atoms with Gasteiger partial charge in [-0.05, 0) is 116 Å². The Kier molecular flexibility index (Phi) is 44.2. The Labute approximate surface area is 639 Å². The zero-order valence-corrected chi connectivity index (χ0v) is 64.5. The number of hydrogen-bond acceptors (Lipinski definition) is 23. The van der Waals surface area contributed by atoms with Gasteiger partial charge in [0.2, 0.25) is 23.6 Å². The first-order chi connectivity index (χ1) is 49.4. The molecule has 8 rings (SSSR count). The SMILES string of the molecule is C#CCC(=O)C1CCC(N2C(=O)CC(SCC(CC)C(=O)O)C2=O)CC1.C=CC(=O)O.CC(C#N)SC(=S)N1CCCC1=O.CCC(CS)C(=O)O.CCC(CSC(=S)N1CCCC1=O)C(=O)O.N#CC1(N=NC2(C#N)CCCCC2)CCCCC1.[C+]#CNC(=O)C1CCC(N2C(=O)C=CC2=O)CC1. The van der Waals surface area contributed by atoms with Crippen molar-refractivity contribution >= 4 is 152 Å². The number of aliphatic carboxylic acids is 4. The fourth-order valence-corrected chi connectivity index (χ4v) is 16.6. The third-order valence-corrected chi connectivity index (χ3v) is 23.3. The van der Waals surface area contributed by atoms with Crippen molar-refractivity contribution in [3.8, 4) is 36.6 Å². The molecule has 104 heavy (non-hydrogen) atoms. The Hall–Kier alpha value is -7.29. The number of ketones is 1. The quantitative estimate of drug-likeness (QED) is 0.00908. The number of hydrogen-bond donors (Lipinski definition) is 6. The van der Waals surface area contributed by atoms with E-state index >= 15 is 0 Å². The van der Waals surface area contributed by atoms with E-state index in [2.05, 4.69) is 58.9 Å². The standard InChI is InChI=1S/C19H25NO5S.C14H20N4.C13H12N2O3.C10H15NO3S2.C8H10N2OS2.C5H10O2S.C3H4O2/c1-3-5-15(21)13-6-8-14(9-7-13)20-17(22)10-16(18(20)23)26-11-12(4-2)19(24)25;15-11-13(7-3-1-4-8-13)17-18-14(12-16)9-5-2-6-10-14;1-2-14-13(18)9-3-5-10(6-4-9)15-11(16)7-8-12(15)17;1-2-7(9(13)14)6-16-10(15)11-5-3-4-8(11)12;1-6(5-9)13-8(12)10-4-2-3-7(10)11;1-2-4(3-8)5(6)7;1-2-3(4)5/h1,12-14,16H,4-11H2,2H3,(H,24,25);1-10H2;7-10H,3-6H2;7H,2-6H2,1H3,(H,13,14);6H,2-4H2,1H3;4,8H,2-3H2,1H3,(H,6,7);2H,1H2,(H,4,5)/p+1. The summed E-state index contributed by atoms with van der Waals surface area (Å²) in [5.41, 5.74) is -1.28. The zero-order valence-electron chi connectivity index (χ0n) is 59.5. The van der Waals surface area contributed by atoms with E-state index in [1.54, 1.807) is 23.6 Å². The average Bonchev–Trinajstić information content (AvgIpc) is 1.63. The van der Waals surface area contributed by atoms with Crippen LogP contribution < -0.4 is 5.32 Å². The number of carbonyl (C=O) groups excluding carboxylic acids is 8. The van der Waals surface area contributed by atoms with Gasteiger partial charge in [-0.2, -0.15) is 38.6 Å². The molecule has 566 valence electrons. The van der Waals surface area contributed by atoms with Gasteiger partial charge in [0.05, 0.1) is 52.9 Å². The van der Waals surface area contributed by atoms with Crippen molar-refractivity contribution in [1.29, 1.82) is 15.8 Å². The number of carboxylic acids is 4. The maximum absolute atomic E-state index is 12.6. The predicted molar refractivity (Wildman–Crippen MR) is 405 cm³/mol. The number of nitrogens with one attached hydrogen (secondary N) is 1. The van der Waals surface area contributed by atoms with Gasteiger partial charge in [0.15, 0.2) is 11.1 Å². The van der Waals surface area contributed by atoms with Crippen molar-refractivity contribution in [1.82, 2.24) is 24.9 Å². The van der Waals surface area contributed by atoms with E-state index in [1.807, 2.05) is 19.9 Å². The molecule has 4 aliphatic heterocycles. The number of nitrogens with zero attached hydrogens (tertiary/aromatic N) is 9. The number of terminal acetylenes is 1. The summed E-state index contributed by atoms with van der Waals surface area (Å²) in [5, 5.41) is 71.4. The number of azo groups is 1. The van der Waals surface area contributed by atoms with Crippen LogP contribution >= 0.6 is 72.4 Å². The molecule has 0 aromatic rings. The topological polar surface area (TPSA) is 407 Å². The van der Waals surface area contributed by atoms with Crippen LogP contribution in [-0.4, -0.2) is 184 Å². The molecular weight excluding hydrogens is 1450 g/mol. The molecule has 3 saturated heterocycles. The molecule has 4 heterocycles. The Balaban J connectivity index is 0.000000429. The number of amides is 7. The molecule has 7 amide bonds. The molecular formula is C72H97N10O16S6+. The minimum atomic E-state index is -0.981. The number of carboxylic acid groups (broad SMARTS) is 4. The van der Waals surface area contributed by atoms with Gasteiger partial charge in [-0.25, -0.2) is 4.79 Å². The van der Waals surface area contributed by atoms with Crippen LogP contribution in [0.4, 0.5) is 0 Å². The van der Waals surface area contributed by atoms with Gasteiger partial charge in [-0.3, -0.25) is 53.1 Å². The Bertz CT molecular complexity index is 3250. The summed E-state index contributed by atoms with van der Waals surface area (Å²) in [6.07, 6.45) is 35.0. The summed E-state index contributed by atoms with van der Waals surface area (Å²) in [6, 6.07) is 8.34. The van der Waals surface area contributed by atoms with Crippen molar-refractivity contribution in [3.05, 3.63) is 31.2 Å². The molecule has 4 saturated carbocycles. The summed E-state index contributed by atoms with van der Waals surface area (Å²) in [7, 11) is 0. The zero-order chi connectivity index (χ0) is 78.1. The molecule has 0 aromatic carbocycles. The Morgan fingerprint density at radius 1 is 0.683 bits per heavy atom. The second kappa shape index (κ2) is 49.5. The molecule has 0 spiro atoms. The van der Waals surface area contributed by atoms with E-state index < -0.39 is 46.1 Å². The van der Waals surface area contributed by atoms with E-state index in [-0.39, 0.29) is 101 Å². The van der Waals surface area contributed by atoms with Crippen LogP contribution in [0.2, 0.25) is 0 Å². The van der Waals surface area contributed by atoms with Crippen molar-refractivity contribution in [2.75, 3.05) is 30.3 Å². The van der Waals surface area contributed by atoms with E-state index in [4.69, 9.17) is 63.0 Å². The molecule has 0 radical (unpaired) electrons. The van der Waals surface area contributed by atoms with Crippen LogP contribution in [0.15, 0.2) is 35.0 Å². The van der Waals surface area contributed by atoms with Gasteiger partial charge in [-0.15, -0.1) is 18.2 Å². The van der Waals surface area contributed by atoms with Crippen LogP contribution in [0.1, 0.15) is 201 Å². The molecule has 0 aromatic heterocycles. The Morgan fingerprint density at radius 2 is 1.12 bits per heavy atom. The molecule has 5 unspecified atom stereocenters. The second-order valence-electron chi connectivity index (χ2n) is 25.7. The van der Waals surface area contributed by atoms with E-state index in [1.165, 1.54) is 70.1 Å². The first-order valence-electron chi connectivity index (χ1n) is 35.0. The van der Waals surface area contributed by atoms with E-state index in [9.17, 15) is 68.1 Å². The first-order valence-corrected chi connectivity index (χ1v) is 39.3. The van der Waals surface area contributed by atoms with E-state index in [0.29, 0.717) is 122 Å². The van der Waals surface area contributed by atoms with Crippen molar-refractivity contribution in [2.45, 2.75) is 235 Å². The number of likely N-dealkylation sites (tertiary alicyclic amines) is 3. The van der Waals surface area contributed by atoms with Crippen LogP contribution in [0.25, 0.3) is 0 Å². The number of imide groups is 2. The van der Waals surface area contributed by atoms with Crippen molar-refractivity contribution in [3.63, 3.8) is 0 Å². The predicted octanol–water partition coefficient (Wildman–Crippen LogP) is 10.7. The number of Topliss-reactive ketones (excluding diaryl/α,β-unsaturated/α-hetero) is 1. The summed E-state index contributed by atoms with van der Waals surface area (Å²) in [4.78, 5) is 141. The van der Waals surface area contributed by atoms with Gasteiger partial charge >= 0.3 is 128 Å². The fraction of sp³-hybridized carbons (Fsp3) is 0.653. The van der Waals surface area contributed by atoms with Crippen molar-refractivity contribution in [2.24, 2.45) is 39.8 Å². The second-order valence-corrected chi connectivity index (χ2v) is 30.9. The monoisotopic (exact) mass is 1550 g/mol. The molecule has 0 bridgehead atoms. The number of thiol groups is 1. The number of nitriles is 3. The normalized spacial score (nSPS) is 22.4. The van der Waals surface area contributed by atoms with Gasteiger partial charge in [-0.1, -0.05) is 94.1 Å². The van der Waals surface area contributed by atoms with Gasteiger partial charge in [0.1, 0.15) is 14.4 Å². The fourth-order valence-electron chi connectivity index (χ4n) is 12.0. The third kappa shape index (κ3) is 31.4. The molecule has 5 N–H and O–H groups in total. The van der Waals surface area contributed by atoms with E-state index in [0.717, 1.165) is 70.3 Å². The molecule has 7 fully saturated rings. The van der Waals surface area contributed by atoms with Gasteiger partial charge in [0, 0.05) is 67.6 Å². The number of carbonyl (C=O) groups is 12. The maximum atomic E-state index is 12.6. The first kappa shape index (κ1) is 92.8. The van der Waals surface area contributed by atoms with Crippen molar-refractivity contribution < 1.29 is 78.0 Å². The molecule has 4 aliphatic carbocycles.